The molecule has 0 spiro atoms. The standard InChI is InChI=1S/C15H14FNO/c16-13-8-6-11(7-9-13)10-14(15(17)18)12-4-2-1-3-5-12/h1-9,14H,10H2,(H2,17,18). The smallest absolute Gasteiger partial charge is 0.225 e. The van der Waals surface area contributed by atoms with Crippen LogP contribution in [0.4, 0.5) is 4.39 Å². The highest BCUT2D eigenvalue weighted by Crippen LogP contribution is 2.20. The first-order valence-corrected chi connectivity index (χ1v) is 5.75. The van der Waals surface area contributed by atoms with Gasteiger partial charge in [0, 0.05) is 0 Å². The quantitative estimate of drug-likeness (QED) is 0.881. The van der Waals surface area contributed by atoms with Crippen molar-refractivity contribution in [2.75, 3.05) is 0 Å². The van der Waals surface area contributed by atoms with Crippen LogP contribution in [0.15, 0.2) is 54.6 Å². The van der Waals surface area contributed by atoms with Gasteiger partial charge in [0.15, 0.2) is 0 Å². The molecule has 3 heteroatoms. The number of amides is 1. The summed E-state index contributed by atoms with van der Waals surface area (Å²) in [6.07, 6.45) is 0.486. The average molecular weight is 243 g/mol. The number of halogens is 1. The molecule has 1 unspecified atom stereocenters. The second kappa shape index (κ2) is 5.45. The predicted molar refractivity (Wildman–Crippen MR) is 68.5 cm³/mol. The van der Waals surface area contributed by atoms with Crippen molar-refractivity contribution < 1.29 is 9.18 Å². The maximum absolute atomic E-state index is 12.8. The van der Waals surface area contributed by atoms with Gasteiger partial charge in [-0.15, -0.1) is 0 Å². The Bertz CT molecular complexity index is 522. The number of hydrogen-bond donors (Lipinski definition) is 1. The number of benzene rings is 2. The van der Waals surface area contributed by atoms with Gasteiger partial charge in [0.25, 0.3) is 0 Å². The van der Waals surface area contributed by atoms with Crippen molar-refractivity contribution in [1.29, 1.82) is 0 Å². The van der Waals surface area contributed by atoms with Crippen molar-refractivity contribution in [3.8, 4) is 0 Å². The average Bonchev–Trinajstić information content (AvgIpc) is 2.38. The molecule has 2 aromatic carbocycles. The third-order valence-corrected chi connectivity index (χ3v) is 2.90. The van der Waals surface area contributed by atoms with Crippen LogP contribution in [0.2, 0.25) is 0 Å². The summed E-state index contributed by atoms with van der Waals surface area (Å²) in [4.78, 5) is 11.5. The number of primary amides is 1. The number of carbonyl (C=O) groups is 1. The van der Waals surface area contributed by atoms with Gasteiger partial charge in [0.05, 0.1) is 5.92 Å². The molecule has 0 aliphatic rings. The van der Waals surface area contributed by atoms with Gasteiger partial charge in [0.2, 0.25) is 5.91 Å². The van der Waals surface area contributed by atoms with Crippen molar-refractivity contribution in [3.63, 3.8) is 0 Å². The van der Waals surface area contributed by atoms with Gasteiger partial charge in [-0.2, -0.15) is 0 Å². The Labute approximate surface area is 105 Å². The Hall–Kier alpha value is -2.16. The summed E-state index contributed by atoms with van der Waals surface area (Å²) in [5.41, 5.74) is 7.21. The molecule has 1 amide bonds. The van der Waals surface area contributed by atoms with Crippen LogP contribution in [0.5, 0.6) is 0 Å². The molecule has 2 N–H and O–H groups in total. The molecule has 0 fully saturated rings. The van der Waals surface area contributed by atoms with Crippen LogP contribution in [-0.4, -0.2) is 5.91 Å². The zero-order valence-electron chi connectivity index (χ0n) is 9.84. The second-order valence-corrected chi connectivity index (χ2v) is 4.20. The molecule has 18 heavy (non-hydrogen) atoms. The van der Waals surface area contributed by atoms with Crippen molar-refractivity contribution in [2.24, 2.45) is 5.73 Å². The fourth-order valence-corrected chi connectivity index (χ4v) is 1.92. The molecule has 0 saturated carbocycles. The lowest BCUT2D eigenvalue weighted by Gasteiger charge is -2.13. The monoisotopic (exact) mass is 243 g/mol. The molecule has 0 aromatic heterocycles. The van der Waals surface area contributed by atoms with Gasteiger partial charge in [0.1, 0.15) is 5.82 Å². The normalized spacial score (nSPS) is 12.1. The fourth-order valence-electron chi connectivity index (χ4n) is 1.92. The number of rotatable bonds is 4. The molecule has 1 atom stereocenters. The van der Waals surface area contributed by atoms with Crippen LogP contribution >= 0.6 is 0 Å². The largest absolute Gasteiger partial charge is 0.369 e. The van der Waals surface area contributed by atoms with Gasteiger partial charge < -0.3 is 5.73 Å². The highest BCUT2D eigenvalue weighted by atomic mass is 19.1. The summed E-state index contributed by atoms with van der Waals surface area (Å²) in [7, 11) is 0. The SMILES string of the molecule is NC(=O)C(Cc1ccc(F)cc1)c1ccccc1. The summed E-state index contributed by atoms with van der Waals surface area (Å²) in [5.74, 6) is -1.03. The van der Waals surface area contributed by atoms with E-state index in [0.717, 1.165) is 11.1 Å². The van der Waals surface area contributed by atoms with E-state index in [0.29, 0.717) is 6.42 Å². The molecular weight excluding hydrogens is 229 g/mol. The van der Waals surface area contributed by atoms with Crippen LogP contribution in [0.25, 0.3) is 0 Å². The van der Waals surface area contributed by atoms with E-state index in [4.69, 9.17) is 5.73 Å². The van der Waals surface area contributed by atoms with Gasteiger partial charge in [-0.3, -0.25) is 4.79 Å². The molecule has 0 saturated heterocycles. The third kappa shape index (κ3) is 2.94. The first-order valence-electron chi connectivity index (χ1n) is 5.75. The highest BCUT2D eigenvalue weighted by Gasteiger charge is 2.17. The van der Waals surface area contributed by atoms with Crippen molar-refractivity contribution in [3.05, 3.63) is 71.5 Å². The predicted octanol–water partition coefficient (Wildman–Crippen LogP) is 2.64. The van der Waals surface area contributed by atoms with Gasteiger partial charge in [-0.1, -0.05) is 42.5 Å². The number of hydrogen-bond acceptors (Lipinski definition) is 1. The van der Waals surface area contributed by atoms with Gasteiger partial charge in [-0.05, 0) is 29.7 Å². The maximum atomic E-state index is 12.8. The first-order chi connectivity index (χ1) is 8.66. The lowest BCUT2D eigenvalue weighted by molar-refractivity contribution is -0.119. The molecule has 2 aromatic rings. The van der Waals surface area contributed by atoms with Crippen LogP contribution in [0.3, 0.4) is 0 Å². The van der Waals surface area contributed by atoms with E-state index in [1.807, 2.05) is 30.3 Å². The Morgan fingerprint density at radius 3 is 2.22 bits per heavy atom. The molecule has 0 aliphatic carbocycles. The molecule has 2 nitrogen and oxygen atoms in total. The summed E-state index contributed by atoms with van der Waals surface area (Å²) in [6, 6.07) is 15.5. The highest BCUT2D eigenvalue weighted by molar-refractivity contribution is 5.82. The molecule has 2 rings (SSSR count). The van der Waals surface area contributed by atoms with Crippen LogP contribution < -0.4 is 5.73 Å². The Balaban J connectivity index is 2.22. The third-order valence-electron chi connectivity index (χ3n) is 2.90. The molecule has 0 heterocycles. The summed E-state index contributed by atoms with van der Waals surface area (Å²) < 4.78 is 12.8. The minimum Gasteiger partial charge on any atom is -0.369 e. The van der Waals surface area contributed by atoms with Crippen LogP contribution in [0, 0.1) is 5.82 Å². The van der Waals surface area contributed by atoms with E-state index in [1.165, 1.54) is 12.1 Å². The Morgan fingerprint density at radius 2 is 1.67 bits per heavy atom. The van der Waals surface area contributed by atoms with E-state index in [-0.39, 0.29) is 17.6 Å². The number of nitrogens with two attached hydrogens (primary N) is 1. The Morgan fingerprint density at radius 1 is 1.06 bits per heavy atom. The van der Waals surface area contributed by atoms with E-state index in [2.05, 4.69) is 0 Å². The molecular formula is C15H14FNO. The lowest BCUT2D eigenvalue weighted by Crippen LogP contribution is -2.23. The van der Waals surface area contributed by atoms with Crippen molar-refractivity contribution in [1.82, 2.24) is 0 Å². The summed E-state index contributed by atoms with van der Waals surface area (Å²) in [6.45, 7) is 0. The Kier molecular flexibility index (Phi) is 3.72. The van der Waals surface area contributed by atoms with Crippen LogP contribution in [-0.2, 0) is 11.2 Å². The van der Waals surface area contributed by atoms with E-state index >= 15 is 0 Å². The molecule has 92 valence electrons. The lowest BCUT2D eigenvalue weighted by atomic mass is 9.91. The van der Waals surface area contributed by atoms with Gasteiger partial charge in [-0.25, -0.2) is 4.39 Å². The van der Waals surface area contributed by atoms with E-state index in [1.54, 1.807) is 12.1 Å². The maximum Gasteiger partial charge on any atom is 0.225 e. The second-order valence-electron chi connectivity index (χ2n) is 4.20. The number of carbonyl (C=O) groups excluding carboxylic acids is 1. The fraction of sp³-hybridized carbons (Fsp3) is 0.133. The molecule has 0 radical (unpaired) electrons. The molecule has 0 bridgehead atoms. The van der Waals surface area contributed by atoms with Gasteiger partial charge >= 0.3 is 0 Å². The topological polar surface area (TPSA) is 43.1 Å². The van der Waals surface area contributed by atoms with E-state index < -0.39 is 0 Å². The van der Waals surface area contributed by atoms with Crippen molar-refractivity contribution >= 4 is 5.91 Å². The summed E-state index contributed by atoms with van der Waals surface area (Å²) in [5, 5.41) is 0. The zero-order chi connectivity index (χ0) is 13.0. The van der Waals surface area contributed by atoms with Crippen molar-refractivity contribution in [2.45, 2.75) is 12.3 Å². The van der Waals surface area contributed by atoms with Crippen LogP contribution in [0.1, 0.15) is 17.0 Å². The molecule has 0 aliphatic heterocycles. The first kappa shape index (κ1) is 12.3. The zero-order valence-corrected chi connectivity index (χ0v) is 9.84. The minimum absolute atomic E-state index is 0.283. The van der Waals surface area contributed by atoms with E-state index in [9.17, 15) is 9.18 Å². The minimum atomic E-state index is -0.378. The summed E-state index contributed by atoms with van der Waals surface area (Å²) >= 11 is 0.